The molecule has 7 heteroatoms. The third kappa shape index (κ3) is 2.99. The number of nitrogens with zero attached hydrogens (tertiary/aromatic N) is 3. The van der Waals surface area contributed by atoms with Crippen molar-refractivity contribution in [1.82, 2.24) is 14.8 Å². The smallest absolute Gasteiger partial charge is 0.165 e. The van der Waals surface area contributed by atoms with Gasteiger partial charge in [-0.2, -0.15) is 0 Å². The monoisotopic (exact) mass is 328 g/mol. The number of rotatable bonds is 5. The second kappa shape index (κ2) is 6.23. The van der Waals surface area contributed by atoms with E-state index in [1.165, 1.54) is 12.1 Å². The molecule has 1 heterocycles. The zero-order chi connectivity index (χ0) is 13.8. The van der Waals surface area contributed by atoms with Gasteiger partial charge in [0.25, 0.3) is 0 Å². The second-order valence-electron chi connectivity index (χ2n) is 3.91. The Bertz CT molecular complexity index is 573. The summed E-state index contributed by atoms with van der Waals surface area (Å²) in [5.41, 5.74) is 6.27. The summed E-state index contributed by atoms with van der Waals surface area (Å²) in [7, 11) is 1.62. The number of nitrogens with two attached hydrogens (primary N) is 1. The van der Waals surface area contributed by atoms with Gasteiger partial charge in [-0.1, -0.05) is 15.9 Å². The highest BCUT2D eigenvalue weighted by Crippen LogP contribution is 2.28. The van der Waals surface area contributed by atoms with E-state index in [1.807, 2.05) is 4.57 Å². The Balaban J connectivity index is 2.49. The zero-order valence-corrected chi connectivity index (χ0v) is 12.0. The molecule has 0 aliphatic heterocycles. The highest BCUT2D eigenvalue weighted by molar-refractivity contribution is 9.10. The van der Waals surface area contributed by atoms with Gasteiger partial charge in [0.2, 0.25) is 0 Å². The van der Waals surface area contributed by atoms with Gasteiger partial charge in [0, 0.05) is 23.7 Å². The van der Waals surface area contributed by atoms with Gasteiger partial charge in [-0.05, 0) is 18.2 Å². The molecule has 0 unspecified atom stereocenters. The van der Waals surface area contributed by atoms with Gasteiger partial charge >= 0.3 is 0 Å². The van der Waals surface area contributed by atoms with Crippen molar-refractivity contribution in [3.8, 4) is 11.4 Å². The van der Waals surface area contributed by atoms with Crippen molar-refractivity contribution < 1.29 is 9.13 Å². The molecular formula is C12H14BrFN4O. The summed E-state index contributed by atoms with van der Waals surface area (Å²) >= 11 is 3.39. The molecule has 19 heavy (non-hydrogen) atoms. The molecule has 0 spiro atoms. The number of hydrogen-bond donors (Lipinski definition) is 1. The number of halogens is 2. The fourth-order valence-corrected chi connectivity index (χ4v) is 2.20. The third-order valence-corrected chi connectivity index (χ3v) is 3.39. The van der Waals surface area contributed by atoms with Gasteiger partial charge in [0.1, 0.15) is 11.6 Å². The van der Waals surface area contributed by atoms with E-state index >= 15 is 0 Å². The van der Waals surface area contributed by atoms with Crippen LogP contribution >= 0.6 is 15.9 Å². The van der Waals surface area contributed by atoms with Crippen LogP contribution in [0.25, 0.3) is 11.4 Å². The van der Waals surface area contributed by atoms with Crippen molar-refractivity contribution in [2.75, 3.05) is 13.7 Å². The summed E-state index contributed by atoms with van der Waals surface area (Å²) in [6.07, 6.45) is 0. The molecule has 0 fully saturated rings. The largest absolute Gasteiger partial charge is 0.383 e. The molecule has 0 saturated carbocycles. The zero-order valence-electron chi connectivity index (χ0n) is 10.4. The summed E-state index contributed by atoms with van der Waals surface area (Å²) in [5.74, 6) is 0.890. The average Bonchev–Trinajstić information content (AvgIpc) is 2.81. The first-order valence-electron chi connectivity index (χ1n) is 5.74. The van der Waals surface area contributed by atoms with Crippen LogP contribution in [0, 0.1) is 5.82 Å². The van der Waals surface area contributed by atoms with E-state index in [2.05, 4.69) is 26.1 Å². The van der Waals surface area contributed by atoms with Crippen LogP contribution in [-0.4, -0.2) is 28.5 Å². The van der Waals surface area contributed by atoms with Gasteiger partial charge in [-0.3, -0.25) is 0 Å². The first-order valence-corrected chi connectivity index (χ1v) is 6.53. The van der Waals surface area contributed by atoms with Crippen molar-refractivity contribution in [3.05, 3.63) is 34.3 Å². The maximum absolute atomic E-state index is 13.4. The van der Waals surface area contributed by atoms with E-state index in [-0.39, 0.29) is 12.4 Å². The normalized spacial score (nSPS) is 10.9. The number of aromatic nitrogens is 3. The lowest BCUT2D eigenvalue weighted by atomic mass is 10.2. The van der Waals surface area contributed by atoms with Crippen molar-refractivity contribution >= 4 is 15.9 Å². The maximum Gasteiger partial charge on any atom is 0.165 e. The summed E-state index contributed by atoms with van der Waals surface area (Å²) in [6, 6.07) is 4.44. The first kappa shape index (κ1) is 14.1. The molecule has 2 aromatic rings. The van der Waals surface area contributed by atoms with Crippen LogP contribution in [0.2, 0.25) is 0 Å². The molecule has 0 atom stereocenters. The molecule has 1 aromatic carbocycles. The second-order valence-corrected chi connectivity index (χ2v) is 4.77. The molecule has 0 amide bonds. The van der Waals surface area contributed by atoms with Crippen molar-refractivity contribution in [2.45, 2.75) is 13.1 Å². The van der Waals surface area contributed by atoms with Gasteiger partial charge in [-0.15, -0.1) is 10.2 Å². The average molecular weight is 329 g/mol. The van der Waals surface area contributed by atoms with Crippen LogP contribution in [0.3, 0.4) is 0 Å². The minimum atomic E-state index is -0.325. The highest BCUT2D eigenvalue weighted by atomic mass is 79.9. The molecular weight excluding hydrogens is 315 g/mol. The Labute approximate surface area is 118 Å². The first-order chi connectivity index (χ1) is 9.17. The molecule has 102 valence electrons. The van der Waals surface area contributed by atoms with E-state index in [0.717, 1.165) is 4.47 Å². The van der Waals surface area contributed by atoms with Crippen LogP contribution in [0.15, 0.2) is 22.7 Å². The van der Waals surface area contributed by atoms with Crippen molar-refractivity contribution in [2.24, 2.45) is 5.73 Å². The third-order valence-electron chi connectivity index (χ3n) is 2.70. The maximum atomic E-state index is 13.4. The Morgan fingerprint density at radius 2 is 2.21 bits per heavy atom. The number of benzene rings is 1. The lowest BCUT2D eigenvalue weighted by Crippen LogP contribution is -2.13. The van der Waals surface area contributed by atoms with Crippen LogP contribution in [0.5, 0.6) is 0 Å². The van der Waals surface area contributed by atoms with Crippen LogP contribution in [0.4, 0.5) is 4.39 Å². The lowest BCUT2D eigenvalue weighted by Gasteiger charge is -2.10. The van der Waals surface area contributed by atoms with E-state index in [9.17, 15) is 4.39 Å². The van der Waals surface area contributed by atoms with E-state index in [1.54, 1.807) is 13.2 Å². The fraction of sp³-hybridized carbons (Fsp3) is 0.333. The van der Waals surface area contributed by atoms with Crippen molar-refractivity contribution in [3.63, 3.8) is 0 Å². The molecule has 5 nitrogen and oxygen atoms in total. The molecule has 0 radical (unpaired) electrons. The minimum Gasteiger partial charge on any atom is -0.383 e. The fourth-order valence-electron chi connectivity index (χ4n) is 1.77. The molecule has 0 aliphatic rings. The summed E-state index contributed by atoms with van der Waals surface area (Å²) < 4.78 is 21.0. The molecule has 0 bridgehead atoms. The van der Waals surface area contributed by atoms with Gasteiger partial charge in [-0.25, -0.2) is 4.39 Å². The number of ether oxygens (including phenoxy) is 1. The lowest BCUT2D eigenvalue weighted by molar-refractivity contribution is 0.186. The molecule has 1 aromatic heterocycles. The van der Waals surface area contributed by atoms with Crippen molar-refractivity contribution in [1.29, 1.82) is 0 Å². The highest BCUT2D eigenvalue weighted by Gasteiger charge is 2.15. The predicted molar refractivity (Wildman–Crippen MR) is 72.9 cm³/mol. The van der Waals surface area contributed by atoms with Gasteiger partial charge in [0.15, 0.2) is 5.82 Å². The Morgan fingerprint density at radius 3 is 2.89 bits per heavy atom. The SMILES string of the molecule is COCCn1c(CN)nnc1-c1cc(F)ccc1Br. The summed E-state index contributed by atoms with van der Waals surface area (Å²) in [4.78, 5) is 0. The number of hydrogen-bond acceptors (Lipinski definition) is 4. The summed E-state index contributed by atoms with van der Waals surface area (Å²) in [6.45, 7) is 1.34. The molecule has 2 N–H and O–H groups in total. The quantitative estimate of drug-likeness (QED) is 0.911. The van der Waals surface area contributed by atoms with Crippen LogP contribution in [-0.2, 0) is 17.8 Å². The Hall–Kier alpha value is -1.31. The van der Waals surface area contributed by atoms with Gasteiger partial charge < -0.3 is 15.0 Å². The van der Waals surface area contributed by atoms with E-state index in [0.29, 0.717) is 30.4 Å². The Morgan fingerprint density at radius 1 is 1.42 bits per heavy atom. The van der Waals surface area contributed by atoms with Crippen LogP contribution in [0.1, 0.15) is 5.82 Å². The van der Waals surface area contributed by atoms with E-state index < -0.39 is 0 Å². The topological polar surface area (TPSA) is 66.0 Å². The summed E-state index contributed by atoms with van der Waals surface area (Å²) in [5, 5.41) is 8.12. The standard InChI is InChI=1S/C12H14BrFN4O/c1-19-5-4-18-11(7-15)16-17-12(18)9-6-8(14)2-3-10(9)13/h2-3,6H,4-5,7,15H2,1H3. The number of methoxy groups -OCH3 is 1. The Kier molecular flexibility index (Phi) is 4.62. The van der Waals surface area contributed by atoms with Gasteiger partial charge in [0.05, 0.1) is 13.2 Å². The molecule has 0 saturated heterocycles. The molecule has 2 rings (SSSR count). The minimum absolute atomic E-state index is 0.268. The predicted octanol–water partition coefficient (Wildman–Crippen LogP) is 1.95. The van der Waals surface area contributed by atoms with E-state index in [4.69, 9.17) is 10.5 Å². The molecule has 0 aliphatic carbocycles. The van der Waals surface area contributed by atoms with Crippen LogP contribution < -0.4 is 5.73 Å².